The fourth-order valence-electron chi connectivity index (χ4n) is 2.61. The van der Waals surface area contributed by atoms with E-state index in [1.807, 2.05) is 20.8 Å². The normalized spacial score (nSPS) is 25.6. The first-order valence-corrected chi connectivity index (χ1v) is 7.69. The van der Waals surface area contributed by atoms with Gasteiger partial charge in [-0.1, -0.05) is 19.3 Å². The van der Waals surface area contributed by atoms with Crippen LogP contribution in [-0.4, -0.2) is 48.7 Å². The first kappa shape index (κ1) is 15.6. The molecule has 2 aliphatic rings. The summed E-state index contributed by atoms with van der Waals surface area (Å²) in [5, 5.41) is 0. The molecule has 2 rings (SSSR count). The lowest BCUT2D eigenvalue weighted by Gasteiger charge is -2.36. The molecular weight excluding hydrogens is 258 g/mol. The number of hydrogen-bond donors (Lipinski definition) is 0. The summed E-state index contributed by atoms with van der Waals surface area (Å²) in [7, 11) is 0. The molecular formula is C15H27NO4. The molecule has 1 aliphatic heterocycles. The summed E-state index contributed by atoms with van der Waals surface area (Å²) in [5.74, 6) is 0. The van der Waals surface area contributed by atoms with Gasteiger partial charge in [0.05, 0.1) is 19.3 Å². The van der Waals surface area contributed by atoms with Gasteiger partial charge < -0.3 is 19.1 Å². The fourth-order valence-corrected chi connectivity index (χ4v) is 2.61. The van der Waals surface area contributed by atoms with Crippen LogP contribution in [0, 0.1) is 0 Å². The number of carbonyl (C=O) groups excluding carboxylic acids is 1. The number of hydrogen-bond acceptors (Lipinski definition) is 4. The maximum Gasteiger partial charge on any atom is 0.410 e. The molecule has 0 bridgehead atoms. The quantitative estimate of drug-likeness (QED) is 0.782. The second-order valence-electron chi connectivity index (χ2n) is 6.62. The van der Waals surface area contributed by atoms with Crippen LogP contribution in [0.3, 0.4) is 0 Å². The van der Waals surface area contributed by atoms with Crippen molar-refractivity contribution < 1.29 is 19.0 Å². The lowest BCUT2D eigenvalue weighted by Crippen LogP contribution is -2.49. The highest BCUT2D eigenvalue weighted by Gasteiger charge is 2.30. The highest BCUT2D eigenvalue weighted by Crippen LogP contribution is 2.23. The summed E-state index contributed by atoms with van der Waals surface area (Å²) >= 11 is 0. The minimum absolute atomic E-state index is 0.280. The molecule has 1 aliphatic carbocycles. The molecule has 0 aromatic rings. The van der Waals surface area contributed by atoms with Gasteiger partial charge in [-0.05, 0) is 33.6 Å². The van der Waals surface area contributed by atoms with Crippen molar-refractivity contribution in [3.05, 3.63) is 0 Å². The highest BCUT2D eigenvalue weighted by atomic mass is 16.7. The third-order valence-electron chi connectivity index (χ3n) is 3.58. The zero-order chi connectivity index (χ0) is 14.6. The standard InChI is InChI=1S/C15H27NO4/c1-15(2,3)20-14(17)16-9-10-18-13(11-16)19-12-7-5-4-6-8-12/h12-13H,4-11H2,1-3H3/t13-/m1/s1. The van der Waals surface area contributed by atoms with Crippen molar-refractivity contribution in [3.8, 4) is 0 Å². The Hall–Kier alpha value is -0.810. The van der Waals surface area contributed by atoms with Crippen LogP contribution in [0.25, 0.3) is 0 Å². The van der Waals surface area contributed by atoms with Crippen LogP contribution in [0.1, 0.15) is 52.9 Å². The third kappa shape index (κ3) is 4.94. The molecule has 2 fully saturated rings. The van der Waals surface area contributed by atoms with Crippen LogP contribution in [0.4, 0.5) is 4.79 Å². The van der Waals surface area contributed by atoms with E-state index in [0.29, 0.717) is 19.7 Å². The Morgan fingerprint density at radius 2 is 1.90 bits per heavy atom. The Morgan fingerprint density at radius 1 is 1.20 bits per heavy atom. The average molecular weight is 285 g/mol. The summed E-state index contributed by atoms with van der Waals surface area (Å²) in [6, 6.07) is 0. The molecule has 116 valence electrons. The van der Waals surface area contributed by atoms with Crippen LogP contribution in [0.2, 0.25) is 0 Å². The molecule has 0 N–H and O–H groups in total. The second-order valence-corrected chi connectivity index (χ2v) is 6.62. The number of carbonyl (C=O) groups is 1. The molecule has 5 nitrogen and oxygen atoms in total. The summed E-state index contributed by atoms with van der Waals surface area (Å²) in [4.78, 5) is 13.7. The maximum absolute atomic E-state index is 12.0. The number of nitrogens with zero attached hydrogens (tertiary/aromatic N) is 1. The fraction of sp³-hybridized carbons (Fsp3) is 0.933. The predicted molar refractivity (Wildman–Crippen MR) is 75.5 cm³/mol. The van der Waals surface area contributed by atoms with Gasteiger partial charge >= 0.3 is 6.09 Å². The third-order valence-corrected chi connectivity index (χ3v) is 3.58. The molecule has 0 unspecified atom stereocenters. The summed E-state index contributed by atoms with van der Waals surface area (Å²) in [6.07, 6.45) is 5.67. The number of rotatable bonds is 2. The van der Waals surface area contributed by atoms with Crippen molar-refractivity contribution in [1.29, 1.82) is 0 Å². The molecule has 1 heterocycles. The zero-order valence-electron chi connectivity index (χ0n) is 12.9. The molecule has 0 aromatic heterocycles. The van der Waals surface area contributed by atoms with Gasteiger partial charge in [0.25, 0.3) is 0 Å². The molecule has 20 heavy (non-hydrogen) atoms. The van der Waals surface area contributed by atoms with Gasteiger partial charge in [0.2, 0.25) is 0 Å². The summed E-state index contributed by atoms with van der Waals surface area (Å²) in [5.41, 5.74) is -0.463. The van der Waals surface area contributed by atoms with Gasteiger partial charge in [-0.3, -0.25) is 0 Å². The van der Waals surface area contributed by atoms with E-state index in [2.05, 4.69) is 0 Å². The smallest absolute Gasteiger partial charge is 0.410 e. The Kier molecular flexibility index (Phi) is 5.27. The molecule has 1 atom stereocenters. The minimum Gasteiger partial charge on any atom is -0.444 e. The molecule has 1 saturated heterocycles. The molecule has 0 spiro atoms. The van der Waals surface area contributed by atoms with Crippen molar-refractivity contribution >= 4 is 6.09 Å². The second kappa shape index (κ2) is 6.76. The van der Waals surface area contributed by atoms with E-state index < -0.39 is 5.60 Å². The van der Waals surface area contributed by atoms with E-state index in [0.717, 1.165) is 12.8 Å². The van der Waals surface area contributed by atoms with Gasteiger partial charge in [0.15, 0.2) is 6.29 Å². The van der Waals surface area contributed by atoms with E-state index in [-0.39, 0.29) is 18.5 Å². The maximum atomic E-state index is 12.0. The van der Waals surface area contributed by atoms with Crippen molar-refractivity contribution in [2.24, 2.45) is 0 Å². The zero-order valence-corrected chi connectivity index (χ0v) is 12.9. The SMILES string of the molecule is CC(C)(C)OC(=O)N1CCO[C@H](OC2CCCCC2)C1. The van der Waals surface area contributed by atoms with Gasteiger partial charge in [-0.25, -0.2) is 4.79 Å². The Labute approximate surface area is 121 Å². The van der Waals surface area contributed by atoms with E-state index >= 15 is 0 Å². The molecule has 1 amide bonds. The summed E-state index contributed by atoms with van der Waals surface area (Å²) < 4.78 is 17.0. The average Bonchev–Trinajstić information content (AvgIpc) is 2.38. The van der Waals surface area contributed by atoms with Gasteiger partial charge in [-0.15, -0.1) is 0 Å². The first-order chi connectivity index (χ1) is 9.44. The van der Waals surface area contributed by atoms with Crippen LogP contribution in [-0.2, 0) is 14.2 Å². The van der Waals surface area contributed by atoms with Crippen molar-refractivity contribution in [1.82, 2.24) is 4.90 Å². The Morgan fingerprint density at radius 3 is 2.55 bits per heavy atom. The van der Waals surface area contributed by atoms with Crippen molar-refractivity contribution in [2.75, 3.05) is 19.7 Å². The number of morpholine rings is 1. The van der Waals surface area contributed by atoms with Gasteiger partial charge in [0.1, 0.15) is 5.60 Å². The van der Waals surface area contributed by atoms with Crippen molar-refractivity contribution in [2.45, 2.75) is 70.9 Å². The number of amides is 1. The van der Waals surface area contributed by atoms with Crippen LogP contribution in [0.5, 0.6) is 0 Å². The molecule has 5 heteroatoms. The minimum atomic E-state index is -0.463. The van der Waals surface area contributed by atoms with E-state index in [9.17, 15) is 4.79 Å². The molecule has 1 saturated carbocycles. The summed E-state index contributed by atoms with van der Waals surface area (Å²) in [6.45, 7) is 7.17. The molecule has 0 aromatic carbocycles. The highest BCUT2D eigenvalue weighted by molar-refractivity contribution is 5.68. The molecule has 0 radical (unpaired) electrons. The van der Waals surface area contributed by atoms with Crippen LogP contribution < -0.4 is 0 Å². The lowest BCUT2D eigenvalue weighted by atomic mass is 9.98. The monoisotopic (exact) mass is 285 g/mol. The lowest BCUT2D eigenvalue weighted by molar-refractivity contribution is -0.203. The topological polar surface area (TPSA) is 48.0 Å². The van der Waals surface area contributed by atoms with Gasteiger partial charge in [-0.2, -0.15) is 0 Å². The van der Waals surface area contributed by atoms with Gasteiger partial charge in [0, 0.05) is 6.54 Å². The Bertz CT molecular complexity index is 320. The Balaban J connectivity index is 1.80. The predicted octanol–water partition coefficient (Wildman–Crippen LogP) is 2.93. The van der Waals surface area contributed by atoms with Crippen LogP contribution in [0.15, 0.2) is 0 Å². The van der Waals surface area contributed by atoms with E-state index in [1.165, 1.54) is 19.3 Å². The largest absolute Gasteiger partial charge is 0.444 e. The number of ether oxygens (including phenoxy) is 3. The van der Waals surface area contributed by atoms with E-state index in [4.69, 9.17) is 14.2 Å². The first-order valence-electron chi connectivity index (χ1n) is 7.69. The van der Waals surface area contributed by atoms with E-state index in [1.54, 1.807) is 4.90 Å². The van der Waals surface area contributed by atoms with Crippen LogP contribution >= 0.6 is 0 Å². The van der Waals surface area contributed by atoms with Crippen molar-refractivity contribution in [3.63, 3.8) is 0 Å².